The van der Waals surface area contributed by atoms with Crippen molar-refractivity contribution < 1.29 is 0 Å². The molecular weight excluding hydrogens is 214 g/mol. The molecule has 1 aromatic rings. The van der Waals surface area contributed by atoms with Gasteiger partial charge in [-0.3, -0.25) is 0 Å². The Morgan fingerprint density at radius 2 is 2.50 bits per heavy atom. The lowest BCUT2D eigenvalue weighted by atomic mass is 9.96. The van der Waals surface area contributed by atoms with Crippen LogP contribution >= 0.6 is 22.9 Å². The lowest BCUT2D eigenvalue weighted by Crippen LogP contribution is -2.05. The average molecular weight is 228 g/mol. The fourth-order valence-electron chi connectivity index (χ4n) is 1.82. The third-order valence-electron chi connectivity index (χ3n) is 2.47. The largest absolute Gasteiger partial charge is 0.246 e. The van der Waals surface area contributed by atoms with Crippen LogP contribution in [0.25, 0.3) is 0 Å². The van der Waals surface area contributed by atoms with Crippen LogP contribution in [0.2, 0.25) is 0 Å². The van der Waals surface area contributed by atoms with Crippen LogP contribution < -0.4 is 0 Å². The van der Waals surface area contributed by atoms with Gasteiger partial charge in [0.25, 0.3) is 0 Å². The standard InChI is InChI=1S/C11H14ClNS/c1-8-13-11(7-14-8)6-9-3-2-4-10(12)5-9/h5,7,10H,2-4,6H2,1H3. The Morgan fingerprint density at radius 3 is 3.14 bits per heavy atom. The third kappa shape index (κ3) is 2.58. The van der Waals surface area contributed by atoms with E-state index >= 15 is 0 Å². The third-order valence-corrected chi connectivity index (χ3v) is 3.64. The van der Waals surface area contributed by atoms with Crippen molar-refractivity contribution in [2.24, 2.45) is 0 Å². The van der Waals surface area contributed by atoms with Gasteiger partial charge in [0.2, 0.25) is 0 Å². The molecule has 1 heterocycles. The molecule has 3 heteroatoms. The molecule has 0 spiro atoms. The van der Waals surface area contributed by atoms with Gasteiger partial charge in [-0.05, 0) is 26.2 Å². The highest BCUT2D eigenvalue weighted by molar-refractivity contribution is 7.09. The second kappa shape index (κ2) is 4.45. The van der Waals surface area contributed by atoms with Crippen molar-refractivity contribution in [1.29, 1.82) is 0 Å². The number of hydrogen-bond donors (Lipinski definition) is 0. The summed E-state index contributed by atoms with van der Waals surface area (Å²) in [7, 11) is 0. The molecule has 76 valence electrons. The number of halogens is 1. The van der Waals surface area contributed by atoms with E-state index in [9.17, 15) is 0 Å². The Labute approximate surface area is 93.8 Å². The molecule has 0 bridgehead atoms. The molecule has 0 N–H and O–H groups in total. The van der Waals surface area contributed by atoms with Crippen LogP contribution in [0.4, 0.5) is 0 Å². The molecule has 0 saturated carbocycles. The minimum absolute atomic E-state index is 0.249. The molecule has 1 aliphatic carbocycles. The number of alkyl halides is 1. The van der Waals surface area contributed by atoms with E-state index in [1.807, 2.05) is 6.92 Å². The van der Waals surface area contributed by atoms with Gasteiger partial charge < -0.3 is 0 Å². The van der Waals surface area contributed by atoms with Crippen LogP contribution in [0.5, 0.6) is 0 Å². The van der Waals surface area contributed by atoms with E-state index in [1.165, 1.54) is 24.1 Å². The van der Waals surface area contributed by atoms with Crippen LogP contribution in [-0.2, 0) is 6.42 Å². The molecule has 1 aromatic heterocycles. The van der Waals surface area contributed by atoms with Gasteiger partial charge in [-0.1, -0.05) is 11.6 Å². The summed E-state index contributed by atoms with van der Waals surface area (Å²) < 4.78 is 0. The molecule has 0 amide bonds. The smallest absolute Gasteiger partial charge is 0.0897 e. The molecule has 0 aliphatic heterocycles. The Bertz CT molecular complexity index is 343. The Morgan fingerprint density at radius 1 is 1.64 bits per heavy atom. The van der Waals surface area contributed by atoms with Gasteiger partial charge in [-0.2, -0.15) is 0 Å². The van der Waals surface area contributed by atoms with Gasteiger partial charge in [0.05, 0.1) is 16.1 Å². The predicted octanol–water partition coefficient (Wildman–Crippen LogP) is 3.71. The van der Waals surface area contributed by atoms with E-state index in [-0.39, 0.29) is 5.38 Å². The summed E-state index contributed by atoms with van der Waals surface area (Å²) in [5.74, 6) is 0. The van der Waals surface area contributed by atoms with Gasteiger partial charge in [-0.15, -0.1) is 22.9 Å². The number of hydrogen-bond acceptors (Lipinski definition) is 2. The average Bonchev–Trinajstić information content (AvgIpc) is 2.51. The van der Waals surface area contributed by atoms with Gasteiger partial charge in [-0.25, -0.2) is 4.98 Å². The summed E-state index contributed by atoms with van der Waals surface area (Å²) >= 11 is 7.81. The summed E-state index contributed by atoms with van der Waals surface area (Å²) in [6.07, 6.45) is 6.75. The Hall–Kier alpha value is -0.340. The van der Waals surface area contributed by atoms with Crippen molar-refractivity contribution in [2.75, 3.05) is 0 Å². The van der Waals surface area contributed by atoms with Crippen LogP contribution in [0.15, 0.2) is 17.0 Å². The topological polar surface area (TPSA) is 12.9 Å². The molecule has 1 aliphatic rings. The molecule has 0 saturated heterocycles. The fraction of sp³-hybridized carbons (Fsp3) is 0.545. The molecule has 1 atom stereocenters. The predicted molar refractivity (Wildman–Crippen MR) is 62.1 cm³/mol. The van der Waals surface area contributed by atoms with Gasteiger partial charge in [0, 0.05) is 11.8 Å². The maximum Gasteiger partial charge on any atom is 0.0897 e. The molecule has 0 radical (unpaired) electrons. The molecule has 0 fully saturated rings. The van der Waals surface area contributed by atoms with Crippen LogP contribution in [0, 0.1) is 6.92 Å². The van der Waals surface area contributed by atoms with Gasteiger partial charge >= 0.3 is 0 Å². The summed E-state index contributed by atoms with van der Waals surface area (Å²) in [5.41, 5.74) is 2.66. The lowest BCUT2D eigenvalue weighted by Gasteiger charge is -2.15. The number of allylic oxidation sites excluding steroid dienone is 2. The SMILES string of the molecule is Cc1nc(CC2=CC(Cl)CCC2)cs1. The number of nitrogens with zero attached hydrogens (tertiary/aromatic N) is 1. The van der Waals surface area contributed by atoms with E-state index in [0.717, 1.165) is 17.8 Å². The van der Waals surface area contributed by atoms with Crippen molar-refractivity contribution >= 4 is 22.9 Å². The highest BCUT2D eigenvalue weighted by Crippen LogP contribution is 2.24. The fourth-order valence-corrected chi connectivity index (χ4v) is 2.76. The first kappa shape index (κ1) is 10.2. The normalized spacial score (nSPS) is 22.1. The highest BCUT2D eigenvalue weighted by atomic mass is 35.5. The minimum atomic E-state index is 0.249. The molecule has 14 heavy (non-hydrogen) atoms. The summed E-state index contributed by atoms with van der Waals surface area (Å²) in [6.45, 7) is 2.05. The maximum absolute atomic E-state index is 6.09. The Kier molecular flexibility index (Phi) is 3.24. The minimum Gasteiger partial charge on any atom is -0.246 e. The van der Waals surface area contributed by atoms with E-state index < -0.39 is 0 Å². The first-order valence-electron chi connectivity index (χ1n) is 4.98. The number of thiazole rings is 1. The molecular formula is C11H14ClNS. The summed E-state index contributed by atoms with van der Waals surface area (Å²) in [5, 5.41) is 3.55. The zero-order valence-electron chi connectivity index (χ0n) is 8.29. The Balaban J connectivity index is 2.03. The van der Waals surface area contributed by atoms with Crippen molar-refractivity contribution in [3.63, 3.8) is 0 Å². The monoisotopic (exact) mass is 227 g/mol. The lowest BCUT2D eigenvalue weighted by molar-refractivity contribution is 0.691. The number of rotatable bonds is 2. The molecule has 1 nitrogen and oxygen atoms in total. The number of aryl methyl sites for hydroxylation is 1. The zero-order valence-corrected chi connectivity index (χ0v) is 9.87. The van der Waals surface area contributed by atoms with E-state index in [4.69, 9.17) is 11.6 Å². The van der Waals surface area contributed by atoms with Crippen molar-refractivity contribution in [2.45, 2.75) is 38.0 Å². The quantitative estimate of drug-likeness (QED) is 0.555. The van der Waals surface area contributed by atoms with Crippen LogP contribution in [0.1, 0.15) is 30.0 Å². The van der Waals surface area contributed by atoms with Crippen LogP contribution in [-0.4, -0.2) is 10.4 Å². The van der Waals surface area contributed by atoms with Crippen molar-refractivity contribution in [3.8, 4) is 0 Å². The van der Waals surface area contributed by atoms with Crippen LogP contribution in [0.3, 0.4) is 0 Å². The van der Waals surface area contributed by atoms with E-state index in [2.05, 4.69) is 16.4 Å². The molecule has 0 aromatic carbocycles. The second-order valence-corrected chi connectivity index (χ2v) is 5.39. The second-order valence-electron chi connectivity index (χ2n) is 3.77. The van der Waals surface area contributed by atoms with Gasteiger partial charge in [0.1, 0.15) is 0 Å². The summed E-state index contributed by atoms with van der Waals surface area (Å²) in [4.78, 5) is 4.46. The summed E-state index contributed by atoms with van der Waals surface area (Å²) in [6, 6.07) is 0. The first-order valence-corrected chi connectivity index (χ1v) is 6.30. The maximum atomic E-state index is 6.09. The first-order chi connectivity index (χ1) is 6.74. The van der Waals surface area contributed by atoms with E-state index in [1.54, 1.807) is 11.3 Å². The van der Waals surface area contributed by atoms with Gasteiger partial charge in [0.15, 0.2) is 0 Å². The van der Waals surface area contributed by atoms with Crippen molar-refractivity contribution in [3.05, 3.63) is 27.7 Å². The van der Waals surface area contributed by atoms with Crippen molar-refractivity contribution in [1.82, 2.24) is 4.98 Å². The zero-order chi connectivity index (χ0) is 9.97. The highest BCUT2D eigenvalue weighted by Gasteiger charge is 2.12. The molecule has 2 rings (SSSR count). The van der Waals surface area contributed by atoms with E-state index in [0.29, 0.717) is 0 Å². The number of aromatic nitrogens is 1. The molecule has 1 unspecified atom stereocenters.